The summed E-state index contributed by atoms with van der Waals surface area (Å²) in [5, 5.41) is 21.6. The Hall–Kier alpha value is -2.35. The summed E-state index contributed by atoms with van der Waals surface area (Å²) in [6, 6.07) is 0.000743. The Morgan fingerprint density at radius 3 is 2.79 bits per heavy atom. The summed E-state index contributed by atoms with van der Waals surface area (Å²) < 4.78 is 7.60. The standard InChI is InChI=1S/C26H40N4O4/c1-6-7-21(31)29-25(4,5)8-9-30-24(34-15-16(2)3)19(14-27-30)23(32)28-22-18-10-17-11-20(22)26(33,12-17)13-18/h8-9,14,16-18,20,22,33H,6-7,10-13,15H2,1-5H3,(H,28,32)(H,29,31)/b9-8+/t17?,18?,20?,22-,26-/m0/s1. The molecule has 0 radical (unpaired) electrons. The second kappa shape index (κ2) is 9.36. The van der Waals surface area contributed by atoms with Crippen molar-refractivity contribution in [2.75, 3.05) is 6.61 Å². The van der Waals surface area contributed by atoms with Crippen LogP contribution in [0.4, 0.5) is 0 Å². The molecule has 1 aromatic heterocycles. The van der Waals surface area contributed by atoms with Crippen molar-refractivity contribution in [3.05, 3.63) is 17.8 Å². The molecule has 4 saturated carbocycles. The SMILES string of the molecule is CCCC(=O)NC(C)(C)/C=C/n1ncc(C(=O)N[C@H]2C3CC4CC2[C@](O)(C4)C3)c1OCC(C)C. The molecule has 0 aromatic carbocycles. The van der Waals surface area contributed by atoms with Crippen molar-refractivity contribution in [1.29, 1.82) is 0 Å². The van der Waals surface area contributed by atoms with Crippen LogP contribution in [0.3, 0.4) is 0 Å². The number of carbonyl (C=O) groups excluding carboxylic acids is 2. The van der Waals surface area contributed by atoms with E-state index in [2.05, 4.69) is 29.6 Å². The average Bonchev–Trinajstić information content (AvgIpc) is 3.30. The topological polar surface area (TPSA) is 105 Å². The van der Waals surface area contributed by atoms with Crippen molar-refractivity contribution in [2.45, 2.75) is 90.3 Å². The molecule has 188 valence electrons. The molecule has 0 saturated heterocycles. The van der Waals surface area contributed by atoms with E-state index in [4.69, 9.17) is 4.74 Å². The van der Waals surface area contributed by atoms with Gasteiger partial charge in [-0.25, -0.2) is 4.68 Å². The van der Waals surface area contributed by atoms with Crippen molar-refractivity contribution in [1.82, 2.24) is 20.4 Å². The number of aliphatic hydroxyl groups is 1. The molecule has 1 aromatic rings. The monoisotopic (exact) mass is 472 g/mol. The van der Waals surface area contributed by atoms with Crippen LogP contribution in [0.2, 0.25) is 0 Å². The quantitative estimate of drug-likeness (QED) is 0.484. The molecule has 8 heteroatoms. The second-order valence-corrected chi connectivity index (χ2v) is 11.6. The lowest BCUT2D eigenvalue weighted by Crippen LogP contribution is -2.45. The number of nitrogens with zero attached hydrogens (tertiary/aromatic N) is 2. The van der Waals surface area contributed by atoms with Crippen molar-refractivity contribution in [2.24, 2.45) is 23.7 Å². The fraction of sp³-hybridized carbons (Fsp3) is 0.731. The van der Waals surface area contributed by atoms with E-state index in [0.29, 0.717) is 36.3 Å². The van der Waals surface area contributed by atoms with Crippen LogP contribution >= 0.6 is 0 Å². The summed E-state index contributed by atoms with van der Waals surface area (Å²) >= 11 is 0. The third kappa shape index (κ3) is 5.02. The molecule has 5 atom stereocenters. The van der Waals surface area contributed by atoms with Gasteiger partial charge in [0.15, 0.2) is 0 Å². The molecule has 8 nitrogen and oxygen atoms in total. The van der Waals surface area contributed by atoms with Crippen molar-refractivity contribution in [3.8, 4) is 5.88 Å². The largest absolute Gasteiger partial charge is 0.477 e. The molecule has 0 aliphatic heterocycles. The summed E-state index contributed by atoms with van der Waals surface area (Å²) in [6.07, 6.45) is 10.1. The molecule has 4 bridgehead atoms. The molecule has 34 heavy (non-hydrogen) atoms. The number of nitrogens with one attached hydrogen (secondary N) is 2. The number of amides is 2. The van der Waals surface area contributed by atoms with E-state index >= 15 is 0 Å². The van der Waals surface area contributed by atoms with E-state index in [-0.39, 0.29) is 29.7 Å². The first-order chi connectivity index (χ1) is 16.0. The number of carbonyl (C=O) groups is 2. The highest BCUT2D eigenvalue weighted by atomic mass is 16.5. The van der Waals surface area contributed by atoms with Gasteiger partial charge in [0.1, 0.15) is 5.56 Å². The van der Waals surface area contributed by atoms with Gasteiger partial charge in [0.25, 0.3) is 5.91 Å². The Labute approximate surface area is 202 Å². The molecule has 4 fully saturated rings. The van der Waals surface area contributed by atoms with Crippen LogP contribution in [0.25, 0.3) is 6.20 Å². The summed E-state index contributed by atoms with van der Waals surface area (Å²) in [6.45, 7) is 10.4. The molecule has 3 N–H and O–H groups in total. The molecular formula is C26H40N4O4. The molecule has 5 rings (SSSR count). The maximum absolute atomic E-state index is 13.3. The van der Waals surface area contributed by atoms with E-state index in [1.54, 1.807) is 10.9 Å². The highest BCUT2D eigenvalue weighted by Gasteiger charge is 2.62. The molecule has 2 amide bonds. The van der Waals surface area contributed by atoms with Gasteiger partial charge in [-0.05, 0) is 69.8 Å². The lowest BCUT2D eigenvalue weighted by molar-refractivity contribution is -0.122. The number of ether oxygens (including phenoxy) is 1. The molecular weight excluding hydrogens is 432 g/mol. The van der Waals surface area contributed by atoms with Crippen LogP contribution in [0, 0.1) is 23.7 Å². The van der Waals surface area contributed by atoms with Crippen molar-refractivity contribution < 1.29 is 19.4 Å². The van der Waals surface area contributed by atoms with Gasteiger partial charge in [-0.1, -0.05) is 20.8 Å². The van der Waals surface area contributed by atoms with Crippen LogP contribution in [-0.2, 0) is 4.79 Å². The Kier molecular flexibility index (Phi) is 6.82. The van der Waals surface area contributed by atoms with Gasteiger partial charge in [0, 0.05) is 24.6 Å². The van der Waals surface area contributed by atoms with Crippen molar-refractivity contribution in [3.63, 3.8) is 0 Å². The van der Waals surface area contributed by atoms with Gasteiger partial charge in [-0.2, -0.15) is 5.10 Å². The lowest BCUT2D eigenvalue weighted by atomic mass is 9.79. The maximum atomic E-state index is 13.3. The Morgan fingerprint density at radius 1 is 1.35 bits per heavy atom. The van der Waals surface area contributed by atoms with Crippen molar-refractivity contribution >= 4 is 18.0 Å². The first kappa shape index (κ1) is 24.8. The zero-order chi connectivity index (χ0) is 24.7. The van der Waals surface area contributed by atoms with Crippen LogP contribution in [0.5, 0.6) is 5.88 Å². The van der Waals surface area contributed by atoms with E-state index in [1.165, 1.54) is 6.20 Å². The third-order valence-electron chi connectivity index (χ3n) is 7.53. The summed E-state index contributed by atoms with van der Waals surface area (Å²) in [7, 11) is 0. The van der Waals surface area contributed by atoms with E-state index < -0.39 is 11.1 Å². The van der Waals surface area contributed by atoms with E-state index in [9.17, 15) is 14.7 Å². The summed E-state index contributed by atoms with van der Waals surface area (Å²) in [4.78, 5) is 25.4. The van der Waals surface area contributed by atoms with Gasteiger partial charge < -0.3 is 20.5 Å². The Morgan fingerprint density at radius 2 is 2.12 bits per heavy atom. The maximum Gasteiger partial charge on any atom is 0.258 e. The van der Waals surface area contributed by atoms with Gasteiger partial charge >= 0.3 is 0 Å². The molecule has 1 heterocycles. The zero-order valence-corrected chi connectivity index (χ0v) is 21.1. The van der Waals surface area contributed by atoms with Crippen LogP contribution < -0.4 is 15.4 Å². The smallest absolute Gasteiger partial charge is 0.258 e. The fourth-order valence-electron chi connectivity index (χ4n) is 6.17. The number of hydrogen-bond donors (Lipinski definition) is 3. The predicted molar refractivity (Wildman–Crippen MR) is 130 cm³/mol. The minimum Gasteiger partial charge on any atom is -0.477 e. The van der Waals surface area contributed by atoms with Crippen LogP contribution in [0.15, 0.2) is 12.3 Å². The summed E-state index contributed by atoms with van der Waals surface area (Å²) in [5.41, 5.74) is -0.793. The highest BCUT2D eigenvalue weighted by Crippen LogP contribution is 2.60. The van der Waals surface area contributed by atoms with E-state index in [1.807, 2.05) is 26.8 Å². The van der Waals surface area contributed by atoms with Crippen LogP contribution in [0.1, 0.15) is 83.5 Å². The van der Waals surface area contributed by atoms with Gasteiger partial charge in [-0.3, -0.25) is 9.59 Å². The van der Waals surface area contributed by atoms with Gasteiger partial charge in [0.05, 0.1) is 23.9 Å². The van der Waals surface area contributed by atoms with Gasteiger partial charge in [0.2, 0.25) is 11.8 Å². The average molecular weight is 473 g/mol. The lowest BCUT2D eigenvalue weighted by Gasteiger charge is -2.32. The normalized spacial score (nSPS) is 29.9. The number of rotatable bonds is 10. The third-order valence-corrected chi connectivity index (χ3v) is 7.53. The first-order valence-corrected chi connectivity index (χ1v) is 12.7. The molecule has 4 aliphatic rings. The number of aromatic nitrogens is 2. The van der Waals surface area contributed by atoms with Gasteiger partial charge in [-0.15, -0.1) is 0 Å². The number of hydrogen-bond acceptors (Lipinski definition) is 5. The summed E-state index contributed by atoms with van der Waals surface area (Å²) in [5.74, 6) is 1.54. The zero-order valence-electron chi connectivity index (χ0n) is 21.1. The second-order valence-electron chi connectivity index (χ2n) is 11.6. The minimum atomic E-state index is -0.608. The molecule has 4 aliphatic carbocycles. The predicted octanol–water partition coefficient (Wildman–Crippen LogP) is 3.36. The first-order valence-electron chi connectivity index (χ1n) is 12.7. The minimum absolute atomic E-state index is 0.000743. The Balaban J connectivity index is 1.51. The van der Waals surface area contributed by atoms with E-state index in [0.717, 1.165) is 32.1 Å². The van der Waals surface area contributed by atoms with Crippen LogP contribution in [-0.4, -0.2) is 50.5 Å². The molecule has 3 unspecified atom stereocenters. The Bertz CT molecular complexity index is 953. The fourth-order valence-corrected chi connectivity index (χ4v) is 6.17. The highest BCUT2D eigenvalue weighted by molar-refractivity contribution is 5.96. The molecule has 0 spiro atoms.